The highest BCUT2D eigenvalue weighted by molar-refractivity contribution is 14.1. The molecule has 1 saturated heterocycles. The van der Waals surface area contributed by atoms with Crippen LogP contribution >= 0.6 is 22.6 Å². The highest BCUT2D eigenvalue weighted by Gasteiger charge is 2.32. The number of anilines is 1. The van der Waals surface area contributed by atoms with E-state index in [0.717, 1.165) is 9.09 Å². The standard InChI is InChI=1S/C11H8IN5O/c1-2-6-3-7(18)17(4-6)11-8-9(12)15-16-10(8)13-5-14-11/h1,5-6H,3-4H2,(H,13,14,15,16). The lowest BCUT2D eigenvalue weighted by atomic mass is 10.1. The molecule has 3 rings (SSSR count). The molecule has 18 heavy (non-hydrogen) atoms. The highest BCUT2D eigenvalue weighted by Crippen LogP contribution is 2.30. The largest absolute Gasteiger partial charge is 0.295 e. The van der Waals surface area contributed by atoms with Crippen molar-refractivity contribution >= 4 is 45.3 Å². The van der Waals surface area contributed by atoms with Crippen molar-refractivity contribution in [3.63, 3.8) is 0 Å². The molecule has 1 atom stereocenters. The van der Waals surface area contributed by atoms with Crippen LogP contribution in [0, 0.1) is 22.0 Å². The summed E-state index contributed by atoms with van der Waals surface area (Å²) in [6, 6.07) is 0. The van der Waals surface area contributed by atoms with Gasteiger partial charge in [-0.1, -0.05) is 0 Å². The molecule has 0 radical (unpaired) electrons. The molecule has 3 heterocycles. The number of aromatic nitrogens is 4. The zero-order valence-electron chi connectivity index (χ0n) is 9.22. The number of nitrogens with zero attached hydrogens (tertiary/aromatic N) is 4. The molecule has 7 heteroatoms. The van der Waals surface area contributed by atoms with Gasteiger partial charge in [0.2, 0.25) is 5.91 Å². The van der Waals surface area contributed by atoms with E-state index in [0.29, 0.717) is 24.4 Å². The number of carbonyl (C=O) groups is 1. The molecule has 1 N–H and O–H groups in total. The average Bonchev–Trinajstić information content (AvgIpc) is 2.93. The minimum atomic E-state index is -0.0490. The first kappa shape index (κ1) is 11.4. The maximum atomic E-state index is 12.0. The molecule has 0 saturated carbocycles. The number of rotatable bonds is 1. The Morgan fingerprint density at radius 3 is 3.11 bits per heavy atom. The predicted octanol–water partition coefficient (Wildman–Crippen LogP) is 0.944. The predicted molar refractivity (Wildman–Crippen MR) is 73.7 cm³/mol. The summed E-state index contributed by atoms with van der Waals surface area (Å²) >= 11 is 2.11. The smallest absolute Gasteiger partial charge is 0.229 e. The normalized spacial score (nSPS) is 19.4. The molecule has 0 aliphatic carbocycles. The van der Waals surface area contributed by atoms with Gasteiger partial charge in [0, 0.05) is 18.9 Å². The van der Waals surface area contributed by atoms with Crippen LogP contribution in [0.5, 0.6) is 0 Å². The van der Waals surface area contributed by atoms with Crippen molar-refractivity contribution in [1.29, 1.82) is 0 Å². The van der Waals surface area contributed by atoms with Crippen molar-refractivity contribution in [1.82, 2.24) is 20.2 Å². The summed E-state index contributed by atoms with van der Waals surface area (Å²) in [5.41, 5.74) is 0.557. The summed E-state index contributed by atoms with van der Waals surface area (Å²) in [5.74, 6) is 3.15. The SMILES string of the molecule is C#CC1CC(=O)N(c2ncnc3n[nH]c(I)c23)C1. The van der Waals surface area contributed by atoms with E-state index in [1.54, 1.807) is 4.90 Å². The van der Waals surface area contributed by atoms with E-state index in [1.807, 2.05) is 0 Å². The molecule has 6 nitrogen and oxygen atoms in total. The molecule has 0 spiro atoms. The highest BCUT2D eigenvalue weighted by atomic mass is 127. The molecule has 2 aromatic heterocycles. The lowest BCUT2D eigenvalue weighted by molar-refractivity contribution is -0.117. The van der Waals surface area contributed by atoms with E-state index in [9.17, 15) is 4.79 Å². The second-order valence-electron chi connectivity index (χ2n) is 4.01. The number of hydrogen-bond donors (Lipinski definition) is 1. The maximum Gasteiger partial charge on any atom is 0.229 e. The second-order valence-corrected chi connectivity index (χ2v) is 5.08. The third-order valence-electron chi connectivity index (χ3n) is 2.90. The maximum absolute atomic E-state index is 12.0. The number of H-pyrrole nitrogens is 1. The lowest BCUT2D eigenvalue weighted by Crippen LogP contribution is -2.25. The number of terminal acetylenes is 1. The van der Waals surface area contributed by atoms with Gasteiger partial charge in [-0.05, 0) is 22.6 Å². The third-order valence-corrected chi connectivity index (χ3v) is 3.68. The Morgan fingerprint density at radius 1 is 1.56 bits per heavy atom. The van der Waals surface area contributed by atoms with Gasteiger partial charge >= 0.3 is 0 Å². The Balaban J connectivity index is 2.13. The summed E-state index contributed by atoms with van der Waals surface area (Å²) in [6.45, 7) is 0.503. The van der Waals surface area contributed by atoms with Gasteiger partial charge in [-0.2, -0.15) is 5.10 Å². The summed E-state index contributed by atoms with van der Waals surface area (Å²) in [4.78, 5) is 21.8. The zero-order valence-corrected chi connectivity index (χ0v) is 11.4. The first-order chi connectivity index (χ1) is 8.70. The molecule has 0 bridgehead atoms. The van der Waals surface area contributed by atoms with Crippen LogP contribution in [-0.4, -0.2) is 32.6 Å². The van der Waals surface area contributed by atoms with E-state index >= 15 is 0 Å². The van der Waals surface area contributed by atoms with Crippen LogP contribution in [0.15, 0.2) is 6.33 Å². The van der Waals surface area contributed by atoms with Crippen molar-refractivity contribution in [2.75, 3.05) is 11.4 Å². The third kappa shape index (κ3) is 1.64. The minimum Gasteiger partial charge on any atom is -0.295 e. The molecule has 0 aromatic carbocycles. The average molecular weight is 353 g/mol. The monoisotopic (exact) mass is 353 g/mol. The molecule has 1 aliphatic rings. The van der Waals surface area contributed by atoms with Crippen LogP contribution in [0.4, 0.5) is 5.82 Å². The summed E-state index contributed by atoms with van der Waals surface area (Å²) in [6.07, 6.45) is 7.16. The summed E-state index contributed by atoms with van der Waals surface area (Å²) < 4.78 is 0.815. The Kier molecular flexibility index (Phi) is 2.66. The minimum absolute atomic E-state index is 0.00468. The topological polar surface area (TPSA) is 74.8 Å². The summed E-state index contributed by atoms with van der Waals surface area (Å²) in [5, 5.41) is 7.66. The van der Waals surface area contributed by atoms with Crippen LogP contribution < -0.4 is 4.90 Å². The summed E-state index contributed by atoms with van der Waals surface area (Å²) in [7, 11) is 0. The van der Waals surface area contributed by atoms with Crippen LogP contribution in [0.1, 0.15) is 6.42 Å². The number of amides is 1. The fourth-order valence-corrected chi connectivity index (χ4v) is 2.64. The molecular formula is C11H8IN5O. The lowest BCUT2D eigenvalue weighted by Gasteiger charge is -2.15. The van der Waals surface area contributed by atoms with Crippen molar-refractivity contribution in [2.45, 2.75) is 6.42 Å². The molecule has 2 aromatic rings. The second kappa shape index (κ2) is 4.20. The molecule has 1 amide bonds. The van der Waals surface area contributed by atoms with E-state index in [2.05, 4.69) is 48.7 Å². The fourth-order valence-electron chi connectivity index (χ4n) is 2.03. The van der Waals surface area contributed by atoms with Gasteiger partial charge in [-0.3, -0.25) is 14.8 Å². The molecule has 1 unspecified atom stereocenters. The molecule has 90 valence electrons. The van der Waals surface area contributed by atoms with Gasteiger partial charge in [0.1, 0.15) is 10.0 Å². The van der Waals surface area contributed by atoms with Crippen LogP contribution in [0.2, 0.25) is 0 Å². The van der Waals surface area contributed by atoms with Gasteiger partial charge in [-0.15, -0.1) is 12.3 Å². The van der Waals surface area contributed by atoms with E-state index in [-0.39, 0.29) is 11.8 Å². The first-order valence-electron chi connectivity index (χ1n) is 5.31. The number of carbonyl (C=O) groups excluding carboxylic acids is 1. The van der Waals surface area contributed by atoms with E-state index in [1.165, 1.54) is 6.33 Å². The number of fused-ring (bicyclic) bond motifs is 1. The number of nitrogens with one attached hydrogen (secondary N) is 1. The Hall–Kier alpha value is -1.69. The van der Waals surface area contributed by atoms with Gasteiger partial charge < -0.3 is 0 Å². The first-order valence-corrected chi connectivity index (χ1v) is 6.39. The van der Waals surface area contributed by atoms with Crippen molar-refractivity contribution in [3.05, 3.63) is 10.0 Å². The van der Waals surface area contributed by atoms with Gasteiger partial charge in [0.15, 0.2) is 11.5 Å². The van der Waals surface area contributed by atoms with E-state index < -0.39 is 0 Å². The van der Waals surface area contributed by atoms with Crippen LogP contribution in [0.3, 0.4) is 0 Å². The van der Waals surface area contributed by atoms with Crippen molar-refractivity contribution in [3.8, 4) is 12.3 Å². The van der Waals surface area contributed by atoms with E-state index in [4.69, 9.17) is 6.42 Å². The molecule has 1 fully saturated rings. The van der Waals surface area contributed by atoms with Gasteiger partial charge in [-0.25, -0.2) is 9.97 Å². The Bertz CT molecular complexity index is 674. The van der Waals surface area contributed by atoms with Gasteiger partial charge in [0.05, 0.1) is 5.39 Å². The van der Waals surface area contributed by atoms with Crippen LogP contribution in [0.25, 0.3) is 11.0 Å². The quantitative estimate of drug-likeness (QED) is 0.612. The Labute approximate surface area is 116 Å². The number of aromatic amines is 1. The van der Waals surface area contributed by atoms with Gasteiger partial charge in [0.25, 0.3) is 0 Å². The van der Waals surface area contributed by atoms with Crippen molar-refractivity contribution in [2.24, 2.45) is 5.92 Å². The zero-order chi connectivity index (χ0) is 12.7. The van der Waals surface area contributed by atoms with Crippen LogP contribution in [-0.2, 0) is 4.79 Å². The number of hydrogen-bond acceptors (Lipinski definition) is 4. The number of halogens is 1. The molecular weight excluding hydrogens is 345 g/mol. The van der Waals surface area contributed by atoms with Crippen molar-refractivity contribution < 1.29 is 4.79 Å². The Morgan fingerprint density at radius 2 is 2.39 bits per heavy atom. The molecule has 1 aliphatic heterocycles. The fraction of sp³-hybridized carbons (Fsp3) is 0.273.